The third kappa shape index (κ3) is 2.67. The number of hydrogen-bond acceptors (Lipinski definition) is 3. The van der Waals surface area contributed by atoms with Gasteiger partial charge in [-0.1, -0.05) is 18.2 Å². The zero-order valence-electron chi connectivity index (χ0n) is 8.47. The fraction of sp³-hybridized carbons (Fsp3) is 0.0833. The fourth-order valence-corrected chi connectivity index (χ4v) is 1.98. The number of para-hydroxylation sites is 1. The van der Waals surface area contributed by atoms with Gasteiger partial charge in [0.05, 0.1) is 11.9 Å². The van der Waals surface area contributed by atoms with Gasteiger partial charge in [0.15, 0.2) is 0 Å². The highest BCUT2D eigenvalue weighted by molar-refractivity contribution is 7.11. The highest BCUT2D eigenvalue weighted by atomic mass is 32.1. The maximum absolute atomic E-state index is 4.18. The second-order valence-corrected chi connectivity index (χ2v) is 4.15. The Morgan fingerprint density at radius 3 is 2.67 bits per heavy atom. The second kappa shape index (κ2) is 4.75. The van der Waals surface area contributed by atoms with Crippen LogP contribution in [-0.2, 0) is 0 Å². The summed E-state index contributed by atoms with van der Waals surface area (Å²) in [5.74, 6) is 0. The van der Waals surface area contributed by atoms with E-state index in [4.69, 9.17) is 0 Å². The zero-order chi connectivity index (χ0) is 10.5. The normalized spacial score (nSPS) is 10.7. The molecule has 1 aromatic carbocycles. The lowest BCUT2D eigenvalue weighted by Crippen LogP contribution is -1.89. The molecule has 2 nitrogen and oxygen atoms in total. The Kier molecular flexibility index (Phi) is 3.15. The lowest BCUT2D eigenvalue weighted by molar-refractivity contribution is 1.35. The smallest absolute Gasteiger partial charge is 0.0647 e. The van der Waals surface area contributed by atoms with E-state index in [-0.39, 0.29) is 0 Å². The average molecular weight is 216 g/mol. The Balaban J connectivity index is 2.00. The van der Waals surface area contributed by atoms with Crippen LogP contribution in [0.1, 0.15) is 10.4 Å². The van der Waals surface area contributed by atoms with Gasteiger partial charge >= 0.3 is 0 Å². The predicted molar refractivity (Wildman–Crippen MR) is 66.7 cm³/mol. The third-order valence-corrected chi connectivity index (χ3v) is 3.00. The van der Waals surface area contributed by atoms with Crippen molar-refractivity contribution in [2.24, 2.45) is 5.10 Å². The summed E-state index contributed by atoms with van der Waals surface area (Å²) in [5.41, 5.74) is 5.25. The van der Waals surface area contributed by atoms with Crippen LogP contribution in [-0.4, -0.2) is 6.21 Å². The Hall–Kier alpha value is -1.61. The summed E-state index contributed by atoms with van der Waals surface area (Å²) in [4.78, 5) is 1.19. The highest BCUT2D eigenvalue weighted by Gasteiger charge is 1.94. The first-order chi connectivity index (χ1) is 7.36. The van der Waals surface area contributed by atoms with Gasteiger partial charge in [-0.25, -0.2) is 0 Å². The molecule has 0 radical (unpaired) electrons. The molecule has 3 heteroatoms. The maximum atomic E-state index is 4.18. The van der Waals surface area contributed by atoms with Crippen LogP contribution >= 0.6 is 11.3 Å². The third-order valence-electron chi connectivity index (χ3n) is 2.05. The molecular weight excluding hydrogens is 204 g/mol. The molecule has 0 spiro atoms. The van der Waals surface area contributed by atoms with E-state index in [9.17, 15) is 0 Å². The molecule has 0 saturated heterocycles. The number of rotatable bonds is 3. The van der Waals surface area contributed by atoms with Crippen LogP contribution in [0.2, 0.25) is 0 Å². The van der Waals surface area contributed by atoms with E-state index >= 15 is 0 Å². The van der Waals surface area contributed by atoms with Crippen molar-refractivity contribution >= 4 is 23.2 Å². The summed E-state index contributed by atoms with van der Waals surface area (Å²) in [7, 11) is 0. The molecule has 1 heterocycles. The van der Waals surface area contributed by atoms with Crippen LogP contribution in [0.5, 0.6) is 0 Å². The van der Waals surface area contributed by atoms with E-state index < -0.39 is 0 Å². The number of aryl methyl sites for hydroxylation is 1. The molecule has 0 aliphatic carbocycles. The molecule has 1 N–H and O–H groups in total. The first-order valence-electron chi connectivity index (χ1n) is 4.74. The minimum atomic E-state index is 1.00. The molecule has 1 aromatic heterocycles. The van der Waals surface area contributed by atoms with Gasteiger partial charge in [0.1, 0.15) is 0 Å². The lowest BCUT2D eigenvalue weighted by atomic mass is 10.3. The Bertz CT molecular complexity index is 446. The van der Waals surface area contributed by atoms with Crippen LogP contribution in [0, 0.1) is 6.92 Å². The first kappa shape index (κ1) is 9.93. The highest BCUT2D eigenvalue weighted by Crippen LogP contribution is 2.12. The summed E-state index contributed by atoms with van der Waals surface area (Å²) in [6.45, 7) is 2.08. The van der Waals surface area contributed by atoms with E-state index in [2.05, 4.69) is 28.9 Å². The van der Waals surface area contributed by atoms with Gasteiger partial charge in [0.25, 0.3) is 0 Å². The number of nitrogens with one attached hydrogen (secondary N) is 1. The Morgan fingerprint density at radius 1 is 1.20 bits per heavy atom. The Labute approximate surface area is 93.3 Å². The van der Waals surface area contributed by atoms with E-state index in [1.54, 1.807) is 11.3 Å². The first-order valence-corrected chi connectivity index (χ1v) is 5.62. The summed E-state index contributed by atoms with van der Waals surface area (Å²) in [6.07, 6.45) is 1.85. The molecule has 15 heavy (non-hydrogen) atoms. The molecule has 0 aliphatic rings. The van der Waals surface area contributed by atoms with Gasteiger partial charge in [0, 0.05) is 4.88 Å². The van der Waals surface area contributed by atoms with E-state index in [0.717, 1.165) is 5.69 Å². The molecule has 76 valence electrons. The van der Waals surface area contributed by atoms with E-state index in [0.29, 0.717) is 0 Å². The molecule has 2 aromatic rings. The van der Waals surface area contributed by atoms with Gasteiger partial charge in [-0.3, -0.25) is 5.43 Å². The van der Waals surface area contributed by atoms with Crippen molar-refractivity contribution in [2.75, 3.05) is 5.43 Å². The van der Waals surface area contributed by atoms with Gasteiger partial charge in [-0.05, 0) is 36.1 Å². The molecule has 0 unspecified atom stereocenters. The molecule has 0 amide bonds. The van der Waals surface area contributed by atoms with Crippen LogP contribution in [0.4, 0.5) is 5.69 Å². The molecule has 0 fully saturated rings. The molecule has 0 atom stereocenters. The van der Waals surface area contributed by atoms with E-state index in [1.165, 1.54) is 10.4 Å². The average Bonchev–Trinajstić information content (AvgIpc) is 2.66. The maximum Gasteiger partial charge on any atom is 0.0647 e. The standard InChI is InChI=1S/C12H12N2S/c1-10-7-8-15-12(10)9-13-14-11-5-3-2-4-6-11/h2-9,14H,1H3. The number of nitrogens with zero attached hydrogens (tertiary/aromatic N) is 1. The number of benzene rings is 1. The summed E-state index contributed by atoms with van der Waals surface area (Å²) >= 11 is 1.70. The fourth-order valence-electron chi connectivity index (χ4n) is 1.19. The quantitative estimate of drug-likeness (QED) is 0.616. The van der Waals surface area contributed by atoms with Gasteiger partial charge < -0.3 is 0 Å². The minimum absolute atomic E-state index is 1.00. The molecule has 0 saturated carbocycles. The van der Waals surface area contributed by atoms with Crippen molar-refractivity contribution < 1.29 is 0 Å². The summed E-state index contributed by atoms with van der Waals surface area (Å²) in [5, 5.41) is 6.25. The van der Waals surface area contributed by atoms with Crippen molar-refractivity contribution in [3.05, 3.63) is 52.2 Å². The van der Waals surface area contributed by atoms with Crippen LogP contribution < -0.4 is 5.43 Å². The zero-order valence-corrected chi connectivity index (χ0v) is 9.29. The number of anilines is 1. The van der Waals surface area contributed by atoms with Crippen molar-refractivity contribution in [3.63, 3.8) is 0 Å². The van der Waals surface area contributed by atoms with Gasteiger partial charge in [-0.2, -0.15) is 5.10 Å². The minimum Gasteiger partial charge on any atom is -0.278 e. The topological polar surface area (TPSA) is 24.4 Å². The number of thiophene rings is 1. The van der Waals surface area contributed by atoms with Crippen molar-refractivity contribution in [1.29, 1.82) is 0 Å². The second-order valence-electron chi connectivity index (χ2n) is 3.20. The summed E-state index contributed by atoms with van der Waals surface area (Å²) in [6, 6.07) is 12.0. The van der Waals surface area contributed by atoms with Crippen molar-refractivity contribution in [2.45, 2.75) is 6.92 Å². The molecule has 0 aliphatic heterocycles. The lowest BCUT2D eigenvalue weighted by Gasteiger charge is -1.97. The monoisotopic (exact) mass is 216 g/mol. The van der Waals surface area contributed by atoms with Crippen LogP contribution in [0.25, 0.3) is 0 Å². The molecule has 0 bridgehead atoms. The Morgan fingerprint density at radius 2 is 2.00 bits per heavy atom. The van der Waals surface area contributed by atoms with Gasteiger partial charge in [-0.15, -0.1) is 11.3 Å². The summed E-state index contributed by atoms with van der Waals surface area (Å²) < 4.78 is 0. The van der Waals surface area contributed by atoms with Crippen molar-refractivity contribution in [1.82, 2.24) is 0 Å². The van der Waals surface area contributed by atoms with Gasteiger partial charge in [0.2, 0.25) is 0 Å². The number of hydrogen-bond donors (Lipinski definition) is 1. The van der Waals surface area contributed by atoms with E-state index in [1.807, 2.05) is 36.5 Å². The largest absolute Gasteiger partial charge is 0.278 e. The van der Waals surface area contributed by atoms with Crippen LogP contribution in [0.15, 0.2) is 46.9 Å². The molecule has 2 rings (SSSR count). The predicted octanol–water partition coefficient (Wildman–Crippen LogP) is 3.50. The number of hydrazone groups is 1. The van der Waals surface area contributed by atoms with Crippen molar-refractivity contribution in [3.8, 4) is 0 Å². The molecular formula is C12H12N2S. The van der Waals surface area contributed by atoms with Crippen LogP contribution in [0.3, 0.4) is 0 Å². The SMILES string of the molecule is Cc1ccsc1C=NNc1ccccc1.